The molecule has 5 nitrogen and oxygen atoms in total. The van der Waals surface area contributed by atoms with Gasteiger partial charge in [0.2, 0.25) is 0 Å². The number of benzene rings is 1. The number of nitrogens with zero attached hydrogens (tertiary/aromatic N) is 4. The largest absolute Gasteiger partial charge is 0.338 e. The summed E-state index contributed by atoms with van der Waals surface area (Å²) in [6, 6.07) is 5.94. The van der Waals surface area contributed by atoms with E-state index in [1.165, 1.54) is 55.6 Å². The number of piperidine rings is 1. The highest BCUT2D eigenvalue weighted by Crippen LogP contribution is 2.27. The third kappa shape index (κ3) is 4.70. The van der Waals surface area contributed by atoms with Crippen LogP contribution in [-0.2, 0) is 0 Å². The molecule has 2 saturated heterocycles. The Bertz CT molecular complexity index is 866. The molecule has 2 aliphatic rings. The Morgan fingerprint density at radius 3 is 2.33 bits per heavy atom. The number of hydrogen-bond acceptors (Lipinski definition) is 3. The van der Waals surface area contributed by atoms with Crippen LogP contribution in [0.4, 0.5) is 4.39 Å². The molecule has 1 aromatic heterocycles. The Morgan fingerprint density at radius 1 is 1.07 bits per heavy atom. The van der Waals surface area contributed by atoms with Crippen molar-refractivity contribution < 1.29 is 9.18 Å². The van der Waals surface area contributed by atoms with Crippen molar-refractivity contribution in [1.82, 2.24) is 19.6 Å². The lowest BCUT2D eigenvalue weighted by molar-refractivity contribution is 0.0667. The second-order valence-electron chi connectivity index (χ2n) is 8.59. The van der Waals surface area contributed by atoms with Crippen LogP contribution in [-0.4, -0.2) is 58.2 Å². The number of carbonyl (C=O) groups excluding carboxylic acids is 1. The van der Waals surface area contributed by atoms with Crippen molar-refractivity contribution >= 4 is 17.5 Å². The van der Waals surface area contributed by atoms with E-state index in [2.05, 4.69) is 10.00 Å². The topological polar surface area (TPSA) is 41.4 Å². The third-order valence-electron chi connectivity index (χ3n) is 6.41. The molecule has 3 heterocycles. The highest BCUT2D eigenvalue weighted by atomic mass is 35.5. The molecule has 0 bridgehead atoms. The quantitative estimate of drug-likeness (QED) is 0.703. The molecular formula is C23H30ClFN4O. The van der Waals surface area contributed by atoms with E-state index in [-0.39, 0.29) is 16.9 Å². The van der Waals surface area contributed by atoms with Crippen LogP contribution in [0, 0.1) is 18.7 Å². The monoisotopic (exact) mass is 432 g/mol. The first-order valence-corrected chi connectivity index (χ1v) is 11.4. The van der Waals surface area contributed by atoms with E-state index in [0.717, 1.165) is 32.5 Å². The van der Waals surface area contributed by atoms with Gasteiger partial charge in [-0.15, -0.1) is 0 Å². The van der Waals surface area contributed by atoms with E-state index >= 15 is 0 Å². The molecule has 0 atom stereocenters. The molecule has 0 aliphatic carbocycles. The van der Waals surface area contributed by atoms with Crippen molar-refractivity contribution in [2.75, 3.05) is 32.7 Å². The molecule has 30 heavy (non-hydrogen) atoms. The highest BCUT2D eigenvalue weighted by Gasteiger charge is 2.29. The average Bonchev–Trinajstić information content (AvgIpc) is 2.90. The van der Waals surface area contributed by atoms with Crippen LogP contribution in [0.5, 0.6) is 0 Å². The Hall–Kier alpha value is -1.92. The minimum atomic E-state index is -0.321. The first kappa shape index (κ1) is 21.3. The Labute approximate surface area is 182 Å². The molecule has 7 heteroatoms. The Morgan fingerprint density at radius 2 is 1.70 bits per heavy atom. The van der Waals surface area contributed by atoms with Crippen molar-refractivity contribution in [1.29, 1.82) is 0 Å². The van der Waals surface area contributed by atoms with Gasteiger partial charge >= 0.3 is 0 Å². The zero-order chi connectivity index (χ0) is 21.1. The van der Waals surface area contributed by atoms with Gasteiger partial charge in [-0.25, -0.2) is 9.07 Å². The van der Waals surface area contributed by atoms with E-state index in [4.69, 9.17) is 11.6 Å². The van der Waals surface area contributed by atoms with E-state index in [1.54, 1.807) is 19.1 Å². The lowest BCUT2D eigenvalue weighted by Crippen LogP contribution is -2.42. The van der Waals surface area contributed by atoms with Gasteiger partial charge in [-0.3, -0.25) is 4.79 Å². The van der Waals surface area contributed by atoms with Gasteiger partial charge < -0.3 is 9.80 Å². The van der Waals surface area contributed by atoms with Crippen LogP contribution in [0.15, 0.2) is 24.3 Å². The second kappa shape index (κ2) is 9.48. The lowest BCUT2D eigenvalue weighted by atomic mass is 9.95. The maximum Gasteiger partial charge on any atom is 0.258 e. The maximum absolute atomic E-state index is 13.2. The molecule has 162 valence electrons. The number of rotatable bonds is 4. The number of carbonyl (C=O) groups is 1. The summed E-state index contributed by atoms with van der Waals surface area (Å²) in [5, 5.41) is 4.72. The maximum atomic E-state index is 13.2. The predicted molar refractivity (Wildman–Crippen MR) is 117 cm³/mol. The van der Waals surface area contributed by atoms with Gasteiger partial charge in [0.1, 0.15) is 11.0 Å². The molecule has 1 aromatic carbocycles. The van der Waals surface area contributed by atoms with Gasteiger partial charge in [0, 0.05) is 19.6 Å². The Balaban J connectivity index is 1.40. The first-order chi connectivity index (χ1) is 14.5. The number of halogens is 2. The average molecular weight is 433 g/mol. The summed E-state index contributed by atoms with van der Waals surface area (Å²) in [5.41, 5.74) is 1.69. The van der Waals surface area contributed by atoms with Crippen molar-refractivity contribution in [3.63, 3.8) is 0 Å². The van der Waals surface area contributed by atoms with Crippen LogP contribution in [0.2, 0.25) is 5.15 Å². The van der Waals surface area contributed by atoms with Gasteiger partial charge in [0.25, 0.3) is 5.91 Å². The fraction of sp³-hybridized carbons (Fsp3) is 0.565. The summed E-state index contributed by atoms with van der Waals surface area (Å²) in [6.07, 6.45) is 7.40. The summed E-state index contributed by atoms with van der Waals surface area (Å²) in [7, 11) is 0. The molecule has 0 radical (unpaired) electrons. The highest BCUT2D eigenvalue weighted by molar-refractivity contribution is 6.33. The summed E-state index contributed by atoms with van der Waals surface area (Å²) in [6.45, 7) is 6.91. The summed E-state index contributed by atoms with van der Waals surface area (Å²) in [4.78, 5) is 17.7. The molecule has 2 aliphatic heterocycles. The number of hydrogen-bond donors (Lipinski definition) is 0. The van der Waals surface area contributed by atoms with Crippen LogP contribution in [0.25, 0.3) is 5.69 Å². The molecule has 0 unspecified atom stereocenters. The standard InChI is InChI=1S/C23H30ClFN4O/c1-17-21(22(24)29(26-17)20-8-6-19(25)7-9-20)23(30)28-14-10-18(11-15-28)16-27-12-4-2-3-5-13-27/h6-9,18H,2-5,10-16H2,1H3. The lowest BCUT2D eigenvalue weighted by Gasteiger charge is -2.34. The zero-order valence-corrected chi connectivity index (χ0v) is 18.4. The van der Waals surface area contributed by atoms with Crippen LogP contribution >= 0.6 is 11.6 Å². The van der Waals surface area contributed by atoms with E-state index in [1.807, 2.05) is 4.90 Å². The van der Waals surface area contributed by atoms with Crippen LogP contribution < -0.4 is 0 Å². The zero-order valence-electron chi connectivity index (χ0n) is 17.6. The summed E-state index contributed by atoms with van der Waals surface area (Å²) >= 11 is 6.54. The molecule has 0 N–H and O–H groups in total. The van der Waals surface area contributed by atoms with Crippen molar-refractivity contribution in [2.45, 2.75) is 45.4 Å². The van der Waals surface area contributed by atoms with Gasteiger partial charge in [-0.1, -0.05) is 24.4 Å². The van der Waals surface area contributed by atoms with E-state index < -0.39 is 0 Å². The Kier molecular flexibility index (Phi) is 6.74. The summed E-state index contributed by atoms with van der Waals surface area (Å²) in [5.74, 6) is 0.280. The van der Waals surface area contributed by atoms with Crippen LogP contribution in [0.3, 0.4) is 0 Å². The van der Waals surface area contributed by atoms with Crippen molar-refractivity contribution in [3.8, 4) is 5.69 Å². The van der Waals surface area contributed by atoms with Gasteiger partial charge in [0.05, 0.1) is 16.9 Å². The molecule has 0 spiro atoms. The third-order valence-corrected chi connectivity index (χ3v) is 6.76. The fourth-order valence-corrected chi connectivity index (χ4v) is 5.01. The minimum absolute atomic E-state index is 0.0564. The van der Waals surface area contributed by atoms with Crippen molar-refractivity contribution in [3.05, 3.63) is 46.5 Å². The smallest absolute Gasteiger partial charge is 0.258 e. The predicted octanol–water partition coefficient (Wildman–Crippen LogP) is 4.70. The normalized spacial score (nSPS) is 19.1. The number of aryl methyl sites for hydroxylation is 1. The van der Waals surface area contributed by atoms with E-state index in [0.29, 0.717) is 22.9 Å². The molecule has 0 saturated carbocycles. The minimum Gasteiger partial charge on any atom is -0.338 e. The van der Waals surface area contributed by atoms with Gasteiger partial charge in [-0.2, -0.15) is 5.10 Å². The molecule has 4 rings (SSSR count). The molecule has 2 aromatic rings. The summed E-state index contributed by atoms with van der Waals surface area (Å²) < 4.78 is 14.7. The second-order valence-corrected chi connectivity index (χ2v) is 8.95. The van der Waals surface area contributed by atoms with Crippen molar-refractivity contribution in [2.24, 2.45) is 5.92 Å². The van der Waals surface area contributed by atoms with Gasteiger partial charge in [0.15, 0.2) is 0 Å². The van der Waals surface area contributed by atoms with E-state index in [9.17, 15) is 9.18 Å². The molecular weight excluding hydrogens is 403 g/mol. The molecule has 2 fully saturated rings. The first-order valence-electron chi connectivity index (χ1n) is 11.1. The number of aromatic nitrogens is 2. The number of likely N-dealkylation sites (tertiary alicyclic amines) is 2. The fourth-order valence-electron chi connectivity index (χ4n) is 4.66. The molecule has 1 amide bonds. The SMILES string of the molecule is Cc1nn(-c2ccc(F)cc2)c(Cl)c1C(=O)N1CCC(CN2CCCCCC2)CC1. The number of amides is 1. The van der Waals surface area contributed by atoms with Crippen LogP contribution in [0.1, 0.15) is 54.6 Å². The van der Waals surface area contributed by atoms with Gasteiger partial charge in [-0.05, 0) is 75.9 Å².